The summed E-state index contributed by atoms with van der Waals surface area (Å²) in [6.07, 6.45) is 5.55. The van der Waals surface area contributed by atoms with Crippen LogP contribution in [0, 0.1) is 6.92 Å². The molecule has 2 amide bonds. The van der Waals surface area contributed by atoms with Crippen LogP contribution in [0.15, 0.2) is 0 Å². The number of carbonyl (C=O) groups is 2. The molecule has 0 N–H and O–H groups in total. The topological polar surface area (TPSA) is 58.4 Å². The number of rotatable bonds is 2. The fraction of sp³-hybridized carbons (Fsp3) is 0.706. The van der Waals surface area contributed by atoms with Gasteiger partial charge < -0.3 is 9.80 Å². The third kappa shape index (κ3) is 2.19. The summed E-state index contributed by atoms with van der Waals surface area (Å²) in [6, 6.07) is 0.398. The van der Waals surface area contributed by atoms with Crippen LogP contribution in [0.1, 0.15) is 54.7 Å². The standard InChI is InChI=1S/C17H23ClN4O2/c1-11-13(18)14(20(2)19-11)15(23)22-10-4-8-17(22)7-3-9-21(16(17)24)12-5-6-12/h12H,3-10H2,1-2H3. The van der Waals surface area contributed by atoms with Gasteiger partial charge in [0.1, 0.15) is 11.2 Å². The van der Waals surface area contributed by atoms with E-state index in [-0.39, 0.29) is 11.8 Å². The van der Waals surface area contributed by atoms with Crippen molar-refractivity contribution in [3.8, 4) is 0 Å². The Hall–Kier alpha value is -1.56. The molecule has 6 nitrogen and oxygen atoms in total. The number of likely N-dealkylation sites (tertiary alicyclic amines) is 2. The van der Waals surface area contributed by atoms with Gasteiger partial charge in [0.2, 0.25) is 5.91 Å². The van der Waals surface area contributed by atoms with Crippen LogP contribution in [0.25, 0.3) is 0 Å². The first-order valence-electron chi connectivity index (χ1n) is 8.78. The number of halogens is 1. The van der Waals surface area contributed by atoms with Crippen molar-refractivity contribution < 1.29 is 9.59 Å². The van der Waals surface area contributed by atoms with Gasteiger partial charge in [-0.2, -0.15) is 5.10 Å². The van der Waals surface area contributed by atoms with Crippen molar-refractivity contribution in [3.63, 3.8) is 0 Å². The highest BCUT2D eigenvalue weighted by molar-refractivity contribution is 6.34. The first kappa shape index (κ1) is 15.9. The first-order valence-corrected chi connectivity index (χ1v) is 9.15. The van der Waals surface area contributed by atoms with Crippen molar-refractivity contribution in [1.29, 1.82) is 0 Å². The summed E-state index contributed by atoms with van der Waals surface area (Å²) in [5.74, 6) is -0.0105. The predicted octanol–water partition coefficient (Wildman–Crippen LogP) is 2.14. The molecule has 3 heterocycles. The fourth-order valence-corrected chi connectivity index (χ4v) is 4.64. The van der Waals surface area contributed by atoms with Crippen LogP contribution in [-0.4, -0.2) is 56.1 Å². The van der Waals surface area contributed by atoms with E-state index >= 15 is 0 Å². The smallest absolute Gasteiger partial charge is 0.274 e. The molecule has 4 rings (SSSR count). The van der Waals surface area contributed by atoms with E-state index in [4.69, 9.17) is 11.6 Å². The molecule has 7 heteroatoms. The summed E-state index contributed by atoms with van der Waals surface area (Å²) < 4.78 is 1.54. The monoisotopic (exact) mass is 350 g/mol. The Labute approximate surface area is 146 Å². The largest absolute Gasteiger partial charge is 0.338 e. The Morgan fingerprint density at radius 1 is 1.25 bits per heavy atom. The summed E-state index contributed by atoms with van der Waals surface area (Å²) in [6.45, 7) is 3.24. The fourth-order valence-electron chi connectivity index (χ4n) is 4.40. The van der Waals surface area contributed by atoms with Crippen LogP contribution in [0.2, 0.25) is 5.02 Å². The van der Waals surface area contributed by atoms with E-state index in [1.54, 1.807) is 18.9 Å². The summed E-state index contributed by atoms with van der Waals surface area (Å²) in [4.78, 5) is 30.3. The molecular formula is C17H23ClN4O2. The molecule has 1 aromatic heterocycles. The number of piperidine rings is 1. The Balaban J connectivity index is 1.69. The number of nitrogens with zero attached hydrogens (tertiary/aromatic N) is 4. The van der Waals surface area contributed by atoms with Gasteiger partial charge >= 0.3 is 0 Å². The van der Waals surface area contributed by atoms with Crippen LogP contribution in [0.3, 0.4) is 0 Å². The zero-order valence-corrected chi connectivity index (χ0v) is 15.0. The van der Waals surface area contributed by atoms with Gasteiger partial charge in [0.15, 0.2) is 0 Å². The molecule has 0 bridgehead atoms. The van der Waals surface area contributed by atoms with Gasteiger partial charge in [-0.15, -0.1) is 0 Å². The molecule has 2 saturated heterocycles. The van der Waals surface area contributed by atoms with Gasteiger partial charge in [-0.1, -0.05) is 11.6 Å². The van der Waals surface area contributed by atoms with Crippen molar-refractivity contribution in [2.45, 2.75) is 57.0 Å². The minimum absolute atomic E-state index is 0.150. The zero-order valence-electron chi connectivity index (χ0n) is 14.2. The number of aryl methyl sites for hydroxylation is 2. The SMILES string of the molecule is Cc1nn(C)c(C(=O)N2CCCC23CCCN(C2CC2)C3=O)c1Cl. The van der Waals surface area contributed by atoms with Crippen LogP contribution in [0.4, 0.5) is 0 Å². The summed E-state index contributed by atoms with van der Waals surface area (Å²) in [7, 11) is 1.73. The van der Waals surface area contributed by atoms with E-state index in [1.165, 1.54) is 4.68 Å². The Bertz CT molecular complexity index is 712. The van der Waals surface area contributed by atoms with E-state index in [1.807, 2.05) is 4.90 Å². The van der Waals surface area contributed by atoms with Crippen molar-refractivity contribution in [2.75, 3.05) is 13.1 Å². The molecular weight excluding hydrogens is 328 g/mol. The number of hydrogen-bond donors (Lipinski definition) is 0. The molecule has 24 heavy (non-hydrogen) atoms. The maximum atomic E-state index is 13.2. The van der Waals surface area contributed by atoms with Crippen molar-refractivity contribution in [1.82, 2.24) is 19.6 Å². The van der Waals surface area contributed by atoms with E-state index in [0.29, 0.717) is 29.0 Å². The van der Waals surface area contributed by atoms with Crippen LogP contribution < -0.4 is 0 Å². The Morgan fingerprint density at radius 2 is 1.92 bits per heavy atom. The molecule has 1 aromatic rings. The average molecular weight is 351 g/mol. The van der Waals surface area contributed by atoms with Crippen molar-refractivity contribution in [3.05, 3.63) is 16.4 Å². The third-order valence-electron chi connectivity index (χ3n) is 5.72. The lowest BCUT2D eigenvalue weighted by Gasteiger charge is -2.44. The maximum absolute atomic E-state index is 13.2. The second-order valence-corrected chi connectivity index (χ2v) is 7.67. The molecule has 130 valence electrons. The number of amides is 2. The molecule has 0 aromatic carbocycles. The molecule has 1 aliphatic carbocycles. The highest BCUT2D eigenvalue weighted by Crippen LogP contribution is 2.42. The Kier molecular flexibility index (Phi) is 3.64. The van der Waals surface area contributed by atoms with Crippen molar-refractivity contribution >= 4 is 23.4 Å². The molecule has 1 unspecified atom stereocenters. The van der Waals surface area contributed by atoms with E-state index in [2.05, 4.69) is 5.10 Å². The van der Waals surface area contributed by atoms with Gasteiger partial charge in [-0.3, -0.25) is 14.3 Å². The van der Waals surface area contributed by atoms with Gasteiger partial charge in [-0.25, -0.2) is 0 Å². The molecule has 1 saturated carbocycles. The molecule has 3 aliphatic rings. The zero-order chi connectivity index (χ0) is 17.1. The molecule has 2 aliphatic heterocycles. The van der Waals surface area contributed by atoms with Gasteiger partial charge in [0, 0.05) is 26.2 Å². The summed E-state index contributed by atoms with van der Waals surface area (Å²) >= 11 is 6.31. The Morgan fingerprint density at radius 3 is 2.50 bits per heavy atom. The highest BCUT2D eigenvalue weighted by atomic mass is 35.5. The van der Waals surface area contributed by atoms with E-state index in [0.717, 1.165) is 45.1 Å². The first-order chi connectivity index (χ1) is 11.5. The van der Waals surface area contributed by atoms with Crippen molar-refractivity contribution in [2.24, 2.45) is 7.05 Å². The number of aromatic nitrogens is 2. The second-order valence-electron chi connectivity index (χ2n) is 7.30. The van der Waals surface area contributed by atoms with Gasteiger partial charge in [0.05, 0.1) is 10.7 Å². The lowest BCUT2D eigenvalue weighted by molar-refractivity contribution is -0.146. The maximum Gasteiger partial charge on any atom is 0.274 e. The van der Waals surface area contributed by atoms with Crippen LogP contribution in [-0.2, 0) is 11.8 Å². The van der Waals surface area contributed by atoms with Gasteiger partial charge in [0.25, 0.3) is 5.91 Å². The van der Waals surface area contributed by atoms with E-state index in [9.17, 15) is 9.59 Å². The summed E-state index contributed by atoms with van der Waals surface area (Å²) in [5, 5.41) is 4.65. The van der Waals surface area contributed by atoms with E-state index < -0.39 is 5.54 Å². The average Bonchev–Trinajstić information content (AvgIpc) is 3.24. The molecule has 3 fully saturated rings. The predicted molar refractivity (Wildman–Crippen MR) is 89.9 cm³/mol. The number of hydrogen-bond acceptors (Lipinski definition) is 3. The minimum atomic E-state index is -0.667. The quantitative estimate of drug-likeness (QED) is 0.821. The van der Waals surface area contributed by atoms with Gasteiger partial charge in [-0.05, 0) is 45.4 Å². The lowest BCUT2D eigenvalue weighted by Crippen LogP contribution is -2.61. The third-order valence-corrected chi connectivity index (χ3v) is 6.17. The minimum Gasteiger partial charge on any atom is -0.338 e. The second kappa shape index (κ2) is 5.48. The number of carbonyl (C=O) groups excluding carboxylic acids is 2. The summed E-state index contributed by atoms with van der Waals surface area (Å²) in [5.41, 5.74) is 0.372. The van der Waals surface area contributed by atoms with Crippen LogP contribution >= 0.6 is 11.6 Å². The van der Waals surface area contributed by atoms with Crippen LogP contribution in [0.5, 0.6) is 0 Å². The highest BCUT2D eigenvalue weighted by Gasteiger charge is 2.55. The lowest BCUT2D eigenvalue weighted by atomic mass is 9.85. The normalized spacial score (nSPS) is 27.4. The molecule has 1 atom stereocenters. The molecule has 1 spiro atoms. The molecule has 0 radical (unpaired) electrons.